The first-order valence-corrected chi connectivity index (χ1v) is 9.04. The Morgan fingerprint density at radius 1 is 0.818 bits per heavy atom. The molecule has 0 radical (unpaired) electrons. The van der Waals surface area contributed by atoms with Crippen molar-refractivity contribution in [2.75, 3.05) is 0 Å². The zero-order valence-corrected chi connectivity index (χ0v) is 16.9. The zero-order chi connectivity index (χ0) is 15.8. The molecule has 0 saturated carbocycles. The SMILES string of the molecule is CCCCCCCCCCCCC(O)CCCCC(=O)[O-].[Na+]. The van der Waals surface area contributed by atoms with E-state index in [2.05, 4.69) is 6.92 Å². The number of aliphatic carboxylic acids is 1. The van der Waals surface area contributed by atoms with E-state index in [1.54, 1.807) is 0 Å². The van der Waals surface area contributed by atoms with E-state index < -0.39 is 5.97 Å². The van der Waals surface area contributed by atoms with Crippen LogP contribution in [-0.2, 0) is 4.79 Å². The van der Waals surface area contributed by atoms with Crippen LogP contribution in [0.25, 0.3) is 0 Å². The van der Waals surface area contributed by atoms with Gasteiger partial charge in [-0.25, -0.2) is 0 Å². The summed E-state index contributed by atoms with van der Waals surface area (Å²) >= 11 is 0. The normalized spacial score (nSPS) is 11.9. The van der Waals surface area contributed by atoms with Gasteiger partial charge in [-0.15, -0.1) is 0 Å². The van der Waals surface area contributed by atoms with Crippen molar-refractivity contribution in [3.05, 3.63) is 0 Å². The average Bonchev–Trinajstić information content (AvgIpc) is 2.45. The molecule has 1 N–H and O–H groups in total. The fourth-order valence-electron chi connectivity index (χ4n) is 2.66. The molecule has 0 saturated heterocycles. The van der Waals surface area contributed by atoms with Gasteiger partial charge in [0, 0.05) is 5.97 Å². The van der Waals surface area contributed by atoms with Crippen LogP contribution in [0.5, 0.6) is 0 Å². The van der Waals surface area contributed by atoms with Crippen LogP contribution in [0.15, 0.2) is 0 Å². The van der Waals surface area contributed by atoms with E-state index in [-0.39, 0.29) is 42.1 Å². The molecular formula is C18H35NaO3. The third kappa shape index (κ3) is 20.4. The van der Waals surface area contributed by atoms with Crippen LogP contribution in [-0.4, -0.2) is 17.2 Å². The second kappa shape index (κ2) is 19.5. The van der Waals surface area contributed by atoms with Gasteiger partial charge < -0.3 is 15.0 Å². The largest absolute Gasteiger partial charge is 1.00 e. The number of aliphatic hydroxyl groups is 1. The van der Waals surface area contributed by atoms with Gasteiger partial charge in [0.05, 0.1) is 6.10 Å². The van der Waals surface area contributed by atoms with E-state index >= 15 is 0 Å². The Labute approximate surface area is 159 Å². The van der Waals surface area contributed by atoms with Crippen molar-refractivity contribution >= 4 is 5.97 Å². The first-order valence-electron chi connectivity index (χ1n) is 9.04. The topological polar surface area (TPSA) is 60.4 Å². The molecule has 1 unspecified atom stereocenters. The number of carbonyl (C=O) groups is 1. The maximum absolute atomic E-state index is 10.2. The van der Waals surface area contributed by atoms with Crippen LogP contribution < -0.4 is 34.7 Å². The molecule has 4 heteroatoms. The van der Waals surface area contributed by atoms with Gasteiger partial charge in [0.1, 0.15) is 0 Å². The number of carbonyl (C=O) groups excluding carboxylic acids is 1. The molecule has 0 bridgehead atoms. The Kier molecular flexibility index (Phi) is 21.8. The average molecular weight is 322 g/mol. The van der Waals surface area contributed by atoms with Gasteiger partial charge in [-0.1, -0.05) is 77.6 Å². The molecule has 126 valence electrons. The van der Waals surface area contributed by atoms with Crippen LogP contribution in [0.3, 0.4) is 0 Å². The smallest absolute Gasteiger partial charge is 0.550 e. The molecule has 3 nitrogen and oxygen atoms in total. The van der Waals surface area contributed by atoms with E-state index in [1.807, 2.05) is 0 Å². The summed E-state index contributed by atoms with van der Waals surface area (Å²) in [4.78, 5) is 10.2. The number of carboxylic acids is 1. The molecule has 0 rings (SSSR count). The summed E-state index contributed by atoms with van der Waals surface area (Å²) in [5.74, 6) is -0.987. The zero-order valence-electron chi connectivity index (χ0n) is 14.9. The predicted molar refractivity (Wildman–Crippen MR) is 85.9 cm³/mol. The Hall–Kier alpha value is 0.430. The van der Waals surface area contributed by atoms with Crippen LogP contribution in [0.2, 0.25) is 0 Å². The molecule has 0 aliphatic heterocycles. The third-order valence-electron chi connectivity index (χ3n) is 4.06. The Morgan fingerprint density at radius 2 is 1.23 bits per heavy atom. The van der Waals surface area contributed by atoms with E-state index in [4.69, 9.17) is 0 Å². The van der Waals surface area contributed by atoms with Crippen LogP contribution in [0, 0.1) is 0 Å². The van der Waals surface area contributed by atoms with Crippen molar-refractivity contribution in [1.29, 1.82) is 0 Å². The Bertz CT molecular complexity index is 234. The van der Waals surface area contributed by atoms with Crippen molar-refractivity contribution in [1.82, 2.24) is 0 Å². The maximum atomic E-state index is 10.2. The minimum Gasteiger partial charge on any atom is -0.550 e. The molecule has 1 atom stereocenters. The molecule has 0 aliphatic carbocycles. The van der Waals surface area contributed by atoms with E-state index in [0.717, 1.165) is 25.7 Å². The first-order chi connectivity index (χ1) is 10.2. The minimum atomic E-state index is -0.987. The second-order valence-corrected chi connectivity index (χ2v) is 6.24. The van der Waals surface area contributed by atoms with Gasteiger partial charge >= 0.3 is 29.6 Å². The quantitative estimate of drug-likeness (QED) is 0.340. The van der Waals surface area contributed by atoms with Gasteiger partial charge in [-0.3, -0.25) is 0 Å². The molecule has 0 aliphatic rings. The first kappa shape index (κ1) is 24.7. The number of carboxylic acid groups (broad SMARTS) is 1. The van der Waals surface area contributed by atoms with Crippen molar-refractivity contribution in [2.24, 2.45) is 0 Å². The van der Waals surface area contributed by atoms with Crippen molar-refractivity contribution < 1.29 is 44.6 Å². The monoisotopic (exact) mass is 322 g/mol. The minimum absolute atomic E-state index is 0. The molecule has 0 amide bonds. The predicted octanol–water partition coefficient (Wildman–Crippen LogP) is 0.973. The summed E-state index contributed by atoms with van der Waals surface area (Å²) in [7, 11) is 0. The fourth-order valence-corrected chi connectivity index (χ4v) is 2.66. The number of aliphatic hydroxyl groups excluding tert-OH is 1. The molecule has 0 aromatic rings. The van der Waals surface area contributed by atoms with Gasteiger partial charge in [0.15, 0.2) is 0 Å². The second-order valence-electron chi connectivity index (χ2n) is 6.24. The van der Waals surface area contributed by atoms with E-state index in [0.29, 0.717) is 6.42 Å². The van der Waals surface area contributed by atoms with Crippen molar-refractivity contribution in [3.8, 4) is 0 Å². The molecule has 0 spiro atoms. The summed E-state index contributed by atoms with van der Waals surface area (Å²) in [6.07, 6.45) is 16.0. The van der Waals surface area contributed by atoms with Crippen LogP contribution >= 0.6 is 0 Å². The van der Waals surface area contributed by atoms with Crippen LogP contribution in [0.1, 0.15) is 103 Å². The summed E-state index contributed by atoms with van der Waals surface area (Å²) in [6, 6.07) is 0. The molecule has 0 aromatic carbocycles. The number of unbranched alkanes of at least 4 members (excludes halogenated alkanes) is 10. The van der Waals surface area contributed by atoms with E-state index in [1.165, 1.54) is 57.8 Å². The molecule has 0 aromatic heterocycles. The van der Waals surface area contributed by atoms with Crippen LogP contribution in [0.4, 0.5) is 0 Å². The summed E-state index contributed by atoms with van der Waals surface area (Å²) in [5, 5.41) is 20.0. The molecule has 22 heavy (non-hydrogen) atoms. The summed E-state index contributed by atoms with van der Waals surface area (Å²) < 4.78 is 0. The summed E-state index contributed by atoms with van der Waals surface area (Å²) in [5.41, 5.74) is 0. The molecule has 0 fully saturated rings. The number of hydrogen-bond donors (Lipinski definition) is 1. The van der Waals surface area contributed by atoms with E-state index in [9.17, 15) is 15.0 Å². The fraction of sp³-hybridized carbons (Fsp3) is 0.944. The van der Waals surface area contributed by atoms with Gasteiger partial charge in [0.2, 0.25) is 0 Å². The molecular weight excluding hydrogens is 287 g/mol. The summed E-state index contributed by atoms with van der Waals surface area (Å²) in [6.45, 7) is 2.25. The van der Waals surface area contributed by atoms with Gasteiger partial charge in [-0.05, 0) is 25.7 Å². The maximum Gasteiger partial charge on any atom is 1.00 e. The Morgan fingerprint density at radius 3 is 1.68 bits per heavy atom. The standard InChI is InChI=1S/C18H36O3.Na/c1-2-3-4-5-6-7-8-9-10-11-14-17(19)15-12-13-16-18(20)21;/h17,19H,2-16H2,1H3,(H,20,21);/q;+1/p-1. The molecule has 0 heterocycles. The van der Waals surface area contributed by atoms with Gasteiger partial charge in [0.25, 0.3) is 0 Å². The van der Waals surface area contributed by atoms with Crippen molar-refractivity contribution in [3.63, 3.8) is 0 Å². The number of rotatable bonds is 16. The third-order valence-corrected chi connectivity index (χ3v) is 4.06. The van der Waals surface area contributed by atoms with Crippen molar-refractivity contribution in [2.45, 2.75) is 109 Å². The Balaban J connectivity index is 0. The number of hydrogen-bond acceptors (Lipinski definition) is 3. The van der Waals surface area contributed by atoms with Gasteiger partial charge in [-0.2, -0.15) is 0 Å².